The van der Waals surface area contributed by atoms with Crippen LogP contribution in [0, 0.1) is 13.8 Å². The lowest BCUT2D eigenvalue weighted by atomic mass is 9.97. The number of ketones is 1. The van der Waals surface area contributed by atoms with Gasteiger partial charge in [-0.15, -0.1) is 0 Å². The van der Waals surface area contributed by atoms with Gasteiger partial charge in [0.2, 0.25) is 0 Å². The van der Waals surface area contributed by atoms with Gasteiger partial charge >= 0.3 is 5.97 Å². The van der Waals surface area contributed by atoms with Crippen LogP contribution in [-0.4, -0.2) is 30.1 Å². The molecule has 0 saturated carbocycles. The molecule has 25 heavy (non-hydrogen) atoms. The van der Waals surface area contributed by atoms with E-state index < -0.39 is 5.97 Å². The van der Waals surface area contributed by atoms with Gasteiger partial charge in [-0.2, -0.15) is 0 Å². The SMILES string of the molecule is Cc1c(C(=O)/C=C/c2ccc(C(=O)O)cc2)cc2c(c1C)OCCO2. The van der Waals surface area contributed by atoms with Crippen molar-refractivity contribution in [2.45, 2.75) is 13.8 Å². The van der Waals surface area contributed by atoms with Crippen LogP contribution in [-0.2, 0) is 0 Å². The molecular formula is C20H18O5. The maximum atomic E-state index is 12.6. The zero-order chi connectivity index (χ0) is 18.0. The number of hydrogen-bond donors (Lipinski definition) is 1. The van der Waals surface area contributed by atoms with Gasteiger partial charge in [0.25, 0.3) is 0 Å². The third-order valence-electron chi connectivity index (χ3n) is 4.24. The summed E-state index contributed by atoms with van der Waals surface area (Å²) in [6.45, 7) is 4.77. The van der Waals surface area contributed by atoms with Gasteiger partial charge in [0.15, 0.2) is 17.3 Å². The van der Waals surface area contributed by atoms with E-state index in [-0.39, 0.29) is 11.3 Å². The second-order valence-corrected chi connectivity index (χ2v) is 5.82. The van der Waals surface area contributed by atoms with Crippen LogP contribution in [0.5, 0.6) is 11.5 Å². The predicted octanol–water partition coefficient (Wildman–Crippen LogP) is 3.67. The van der Waals surface area contributed by atoms with Crippen LogP contribution < -0.4 is 9.47 Å². The Hall–Kier alpha value is -3.08. The molecule has 2 aromatic rings. The van der Waals surface area contributed by atoms with Gasteiger partial charge in [-0.3, -0.25) is 4.79 Å². The molecule has 0 unspecified atom stereocenters. The van der Waals surface area contributed by atoms with Gasteiger partial charge in [-0.1, -0.05) is 18.2 Å². The lowest BCUT2D eigenvalue weighted by Gasteiger charge is -2.22. The number of benzene rings is 2. The molecule has 1 N–H and O–H groups in total. The largest absolute Gasteiger partial charge is 0.486 e. The highest BCUT2D eigenvalue weighted by atomic mass is 16.6. The molecule has 0 fully saturated rings. The summed E-state index contributed by atoms with van der Waals surface area (Å²) in [5, 5.41) is 8.90. The Morgan fingerprint density at radius 3 is 2.40 bits per heavy atom. The number of carbonyl (C=O) groups excluding carboxylic acids is 1. The van der Waals surface area contributed by atoms with E-state index >= 15 is 0 Å². The molecule has 1 aliphatic rings. The van der Waals surface area contributed by atoms with Gasteiger partial charge in [-0.05, 0) is 54.8 Å². The second kappa shape index (κ2) is 6.81. The third-order valence-corrected chi connectivity index (χ3v) is 4.24. The topological polar surface area (TPSA) is 72.8 Å². The Morgan fingerprint density at radius 1 is 1.04 bits per heavy atom. The Morgan fingerprint density at radius 2 is 1.72 bits per heavy atom. The molecular weight excluding hydrogens is 320 g/mol. The van der Waals surface area contributed by atoms with Crippen molar-refractivity contribution in [3.8, 4) is 11.5 Å². The Bertz CT molecular complexity index is 863. The van der Waals surface area contributed by atoms with Crippen LogP contribution in [0.15, 0.2) is 36.4 Å². The molecule has 0 aromatic heterocycles. The summed E-state index contributed by atoms with van der Waals surface area (Å²) in [5.74, 6) is 0.180. The highest BCUT2D eigenvalue weighted by Gasteiger charge is 2.20. The van der Waals surface area contributed by atoms with E-state index in [9.17, 15) is 9.59 Å². The number of aromatic carboxylic acids is 1. The molecule has 0 spiro atoms. The normalized spacial score (nSPS) is 13.0. The number of rotatable bonds is 4. The average Bonchev–Trinajstić information content (AvgIpc) is 2.63. The quantitative estimate of drug-likeness (QED) is 0.680. The molecule has 0 amide bonds. The van der Waals surface area contributed by atoms with Crippen LogP contribution in [0.2, 0.25) is 0 Å². The highest BCUT2D eigenvalue weighted by Crippen LogP contribution is 2.37. The molecule has 128 valence electrons. The van der Waals surface area contributed by atoms with Gasteiger partial charge in [0.1, 0.15) is 13.2 Å². The smallest absolute Gasteiger partial charge is 0.335 e. The standard InChI is InChI=1S/C20H18O5/c1-12-13(2)19-18(24-9-10-25-19)11-16(12)17(21)8-5-14-3-6-15(7-4-14)20(22)23/h3-8,11H,9-10H2,1-2H3,(H,22,23)/b8-5+. The minimum absolute atomic E-state index is 0.139. The first-order valence-electron chi connectivity index (χ1n) is 7.93. The second-order valence-electron chi connectivity index (χ2n) is 5.82. The van der Waals surface area contributed by atoms with E-state index in [1.807, 2.05) is 13.8 Å². The van der Waals surface area contributed by atoms with Crippen LogP contribution in [0.3, 0.4) is 0 Å². The lowest BCUT2D eigenvalue weighted by Crippen LogP contribution is -2.17. The van der Waals surface area contributed by atoms with Crippen molar-refractivity contribution in [2.24, 2.45) is 0 Å². The summed E-state index contributed by atoms with van der Waals surface area (Å²) < 4.78 is 11.2. The first-order chi connectivity index (χ1) is 12.0. The predicted molar refractivity (Wildman–Crippen MR) is 93.7 cm³/mol. The number of allylic oxidation sites excluding steroid dienone is 1. The van der Waals surface area contributed by atoms with E-state index in [2.05, 4.69) is 0 Å². The molecule has 0 bridgehead atoms. The molecule has 0 aliphatic carbocycles. The van der Waals surface area contributed by atoms with Gasteiger partial charge in [-0.25, -0.2) is 4.79 Å². The van der Waals surface area contributed by atoms with Crippen LogP contribution in [0.25, 0.3) is 6.08 Å². The fourth-order valence-electron chi connectivity index (χ4n) is 2.70. The third kappa shape index (κ3) is 3.40. The summed E-state index contributed by atoms with van der Waals surface area (Å²) in [4.78, 5) is 23.4. The summed E-state index contributed by atoms with van der Waals surface area (Å²) in [7, 11) is 0. The molecule has 5 nitrogen and oxygen atoms in total. The van der Waals surface area contributed by atoms with Gasteiger partial charge in [0.05, 0.1) is 5.56 Å². The molecule has 5 heteroatoms. The summed E-state index contributed by atoms with van der Waals surface area (Å²) >= 11 is 0. The zero-order valence-corrected chi connectivity index (χ0v) is 14.0. The fourth-order valence-corrected chi connectivity index (χ4v) is 2.70. The molecule has 2 aromatic carbocycles. The number of carboxylic acids is 1. The highest BCUT2D eigenvalue weighted by molar-refractivity contribution is 6.08. The van der Waals surface area contributed by atoms with Crippen LogP contribution in [0.1, 0.15) is 37.4 Å². The molecule has 0 radical (unpaired) electrons. The molecule has 1 heterocycles. The van der Waals surface area contributed by atoms with Crippen molar-refractivity contribution in [1.29, 1.82) is 0 Å². The Labute approximate surface area is 145 Å². The average molecular weight is 338 g/mol. The Balaban J connectivity index is 1.86. The van der Waals surface area contributed by atoms with E-state index in [0.29, 0.717) is 30.3 Å². The van der Waals surface area contributed by atoms with Crippen molar-refractivity contribution < 1.29 is 24.2 Å². The Kier molecular flexibility index (Phi) is 4.57. The number of carbonyl (C=O) groups is 2. The van der Waals surface area contributed by atoms with Crippen LogP contribution >= 0.6 is 0 Å². The van der Waals surface area contributed by atoms with Crippen LogP contribution in [0.4, 0.5) is 0 Å². The molecule has 0 atom stereocenters. The van der Waals surface area contributed by atoms with Crippen molar-refractivity contribution in [3.05, 3.63) is 64.2 Å². The number of carboxylic acid groups (broad SMARTS) is 1. The van der Waals surface area contributed by atoms with E-state index in [1.54, 1.807) is 24.3 Å². The van der Waals surface area contributed by atoms with Crippen molar-refractivity contribution in [2.75, 3.05) is 13.2 Å². The van der Waals surface area contributed by atoms with Crippen molar-refractivity contribution in [1.82, 2.24) is 0 Å². The molecule has 1 aliphatic heterocycles. The maximum absolute atomic E-state index is 12.6. The number of ether oxygens (including phenoxy) is 2. The van der Waals surface area contributed by atoms with Gasteiger partial charge in [0, 0.05) is 5.56 Å². The summed E-state index contributed by atoms with van der Waals surface area (Å²) in [5.41, 5.74) is 3.30. The number of hydrogen-bond acceptors (Lipinski definition) is 4. The fraction of sp³-hybridized carbons (Fsp3) is 0.200. The van der Waals surface area contributed by atoms with E-state index in [4.69, 9.17) is 14.6 Å². The monoisotopic (exact) mass is 338 g/mol. The van der Waals surface area contributed by atoms with Gasteiger partial charge < -0.3 is 14.6 Å². The molecule has 0 saturated heterocycles. The number of fused-ring (bicyclic) bond motifs is 1. The minimum Gasteiger partial charge on any atom is -0.486 e. The zero-order valence-electron chi connectivity index (χ0n) is 14.0. The summed E-state index contributed by atoms with van der Waals surface area (Å²) in [6.07, 6.45) is 3.15. The minimum atomic E-state index is -0.978. The van der Waals surface area contributed by atoms with E-state index in [1.165, 1.54) is 18.2 Å². The first-order valence-corrected chi connectivity index (χ1v) is 7.93. The van der Waals surface area contributed by atoms with Crippen molar-refractivity contribution in [3.63, 3.8) is 0 Å². The lowest BCUT2D eigenvalue weighted by molar-refractivity contribution is 0.0696. The maximum Gasteiger partial charge on any atom is 0.335 e. The summed E-state index contributed by atoms with van der Waals surface area (Å²) in [6, 6.07) is 8.05. The first kappa shape index (κ1) is 16.8. The van der Waals surface area contributed by atoms with E-state index in [0.717, 1.165) is 16.7 Å². The van der Waals surface area contributed by atoms with Crippen molar-refractivity contribution >= 4 is 17.8 Å². The molecule has 3 rings (SSSR count).